The quantitative estimate of drug-likeness (QED) is 0.811. The predicted molar refractivity (Wildman–Crippen MR) is 85.7 cm³/mol. The number of nitrogens with one attached hydrogen (secondary N) is 1. The van der Waals surface area contributed by atoms with Gasteiger partial charge in [-0.1, -0.05) is 6.07 Å². The number of hydrogen-bond donors (Lipinski definition) is 1. The van der Waals surface area contributed by atoms with E-state index in [9.17, 15) is 14.4 Å². The van der Waals surface area contributed by atoms with E-state index >= 15 is 0 Å². The second-order valence-corrected chi connectivity index (χ2v) is 6.81. The number of amides is 1. The van der Waals surface area contributed by atoms with E-state index in [-0.39, 0.29) is 30.5 Å². The average Bonchev–Trinajstić information content (AvgIpc) is 3.22. The van der Waals surface area contributed by atoms with Crippen molar-refractivity contribution in [2.45, 2.75) is 18.9 Å². The summed E-state index contributed by atoms with van der Waals surface area (Å²) >= 11 is 0. The Kier molecular flexibility index (Phi) is 3.86. The van der Waals surface area contributed by atoms with E-state index < -0.39 is 23.7 Å². The molecular weight excluding hydrogens is 326 g/mol. The fourth-order valence-corrected chi connectivity index (χ4v) is 4.46. The Hall–Kier alpha value is -2.57. The Morgan fingerprint density at radius 3 is 2.96 bits per heavy atom. The molecule has 0 aromatic heterocycles. The van der Waals surface area contributed by atoms with Crippen LogP contribution in [0.5, 0.6) is 5.75 Å². The van der Waals surface area contributed by atoms with Gasteiger partial charge in [0, 0.05) is 17.7 Å². The van der Waals surface area contributed by atoms with Gasteiger partial charge in [-0.2, -0.15) is 0 Å². The Balaban J connectivity index is 1.33. The highest BCUT2D eigenvalue weighted by Gasteiger charge is 2.64. The van der Waals surface area contributed by atoms with Crippen molar-refractivity contribution in [3.8, 4) is 5.75 Å². The normalized spacial score (nSPS) is 31.6. The van der Waals surface area contributed by atoms with Crippen LogP contribution in [-0.4, -0.2) is 37.7 Å². The molecule has 1 aliphatic heterocycles. The highest BCUT2D eigenvalue weighted by atomic mass is 16.6. The first-order valence-corrected chi connectivity index (χ1v) is 8.38. The molecule has 3 aliphatic rings. The molecule has 0 spiro atoms. The van der Waals surface area contributed by atoms with Crippen LogP contribution in [0.1, 0.15) is 12.8 Å². The fraction of sp³-hybridized carbons (Fsp3) is 0.500. The molecule has 1 saturated heterocycles. The van der Waals surface area contributed by atoms with Crippen molar-refractivity contribution < 1.29 is 28.6 Å². The van der Waals surface area contributed by atoms with Crippen molar-refractivity contribution in [1.29, 1.82) is 0 Å². The largest absolute Gasteiger partial charge is 0.497 e. The molecule has 4 rings (SSSR count). The molecule has 2 saturated carbocycles. The lowest BCUT2D eigenvalue weighted by Crippen LogP contribution is -2.34. The van der Waals surface area contributed by atoms with E-state index in [1.165, 1.54) is 7.11 Å². The second-order valence-electron chi connectivity index (χ2n) is 6.81. The van der Waals surface area contributed by atoms with Gasteiger partial charge in [-0.3, -0.25) is 14.4 Å². The van der Waals surface area contributed by atoms with Crippen LogP contribution < -0.4 is 10.1 Å². The van der Waals surface area contributed by atoms with E-state index in [2.05, 4.69) is 5.32 Å². The molecule has 7 nitrogen and oxygen atoms in total. The zero-order valence-electron chi connectivity index (χ0n) is 13.8. The molecule has 0 radical (unpaired) electrons. The van der Waals surface area contributed by atoms with E-state index in [1.54, 1.807) is 24.3 Å². The molecule has 3 fully saturated rings. The van der Waals surface area contributed by atoms with Crippen LogP contribution in [0.25, 0.3) is 0 Å². The summed E-state index contributed by atoms with van der Waals surface area (Å²) in [4.78, 5) is 36.3. The van der Waals surface area contributed by atoms with E-state index in [0.29, 0.717) is 11.4 Å². The van der Waals surface area contributed by atoms with Crippen molar-refractivity contribution in [3.63, 3.8) is 0 Å². The molecule has 1 heterocycles. The van der Waals surface area contributed by atoms with Crippen molar-refractivity contribution in [2.75, 3.05) is 19.0 Å². The Morgan fingerprint density at radius 1 is 1.32 bits per heavy atom. The number of carbonyl (C=O) groups excluding carboxylic acids is 3. The second kappa shape index (κ2) is 6.06. The van der Waals surface area contributed by atoms with Gasteiger partial charge in [0.25, 0.3) is 5.91 Å². The average molecular weight is 345 g/mol. The molecule has 2 aliphatic carbocycles. The number of anilines is 1. The number of carbonyl (C=O) groups is 3. The molecule has 5 atom stereocenters. The van der Waals surface area contributed by atoms with Gasteiger partial charge in [-0.05, 0) is 30.9 Å². The lowest BCUT2D eigenvalue weighted by Gasteiger charge is -2.22. The highest BCUT2D eigenvalue weighted by molar-refractivity contribution is 5.93. The summed E-state index contributed by atoms with van der Waals surface area (Å²) in [5.74, 6) is -1.18. The summed E-state index contributed by atoms with van der Waals surface area (Å²) in [7, 11) is 1.54. The zero-order valence-corrected chi connectivity index (χ0v) is 13.8. The zero-order chi connectivity index (χ0) is 17.6. The molecule has 1 N–H and O–H groups in total. The van der Waals surface area contributed by atoms with Crippen molar-refractivity contribution in [3.05, 3.63) is 24.3 Å². The van der Waals surface area contributed by atoms with Gasteiger partial charge in [0.15, 0.2) is 6.61 Å². The van der Waals surface area contributed by atoms with Crippen LogP contribution in [-0.2, 0) is 23.9 Å². The number of benzene rings is 1. The van der Waals surface area contributed by atoms with Gasteiger partial charge in [0.05, 0.1) is 18.9 Å². The highest BCUT2D eigenvalue weighted by Crippen LogP contribution is 2.57. The van der Waals surface area contributed by atoms with Crippen LogP contribution in [0, 0.1) is 23.7 Å². The molecular formula is C18H19NO6. The van der Waals surface area contributed by atoms with Gasteiger partial charge in [-0.25, -0.2) is 0 Å². The van der Waals surface area contributed by atoms with Crippen LogP contribution >= 0.6 is 0 Å². The van der Waals surface area contributed by atoms with Gasteiger partial charge >= 0.3 is 11.9 Å². The Labute approximate surface area is 144 Å². The predicted octanol–water partition coefficient (Wildman–Crippen LogP) is 1.37. The maximum Gasteiger partial charge on any atom is 0.310 e. The molecule has 1 amide bonds. The summed E-state index contributed by atoms with van der Waals surface area (Å²) in [5.41, 5.74) is 0.558. The Bertz CT molecular complexity index is 730. The number of fused-ring (bicyclic) bond motifs is 1. The SMILES string of the molecule is COc1cccc(NC(=O)COC(=O)[C@@H]2[C@H]3C[C@@H]4[C@@H]2C(=O)O[C@@H]4C3)c1. The first-order valence-electron chi connectivity index (χ1n) is 8.38. The number of rotatable bonds is 5. The third-order valence-corrected chi connectivity index (χ3v) is 5.45. The molecule has 25 heavy (non-hydrogen) atoms. The molecule has 7 heteroatoms. The summed E-state index contributed by atoms with van der Waals surface area (Å²) in [6.45, 7) is -0.380. The van der Waals surface area contributed by atoms with Crippen molar-refractivity contribution in [2.24, 2.45) is 23.7 Å². The van der Waals surface area contributed by atoms with Crippen LogP contribution in [0.2, 0.25) is 0 Å². The molecule has 1 aromatic carbocycles. The summed E-state index contributed by atoms with van der Waals surface area (Å²) < 4.78 is 15.6. The molecule has 0 unspecified atom stereocenters. The number of hydrogen-bond acceptors (Lipinski definition) is 6. The fourth-order valence-electron chi connectivity index (χ4n) is 4.46. The van der Waals surface area contributed by atoms with Gasteiger partial charge in [0.2, 0.25) is 0 Å². The third-order valence-electron chi connectivity index (χ3n) is 5.45. The minimum atomic E-state index is -0.476. The topological polar surface area (TPSA) is 90.9 Å². The standard InChI is InChI=1S/C18H19NO6/c1-23-11-4-2-3-10(7-11)19-14(20)8-24-17(21)15-9-5-12-13(6-9)25-18(22)16(12)15/h2-4,7,9,12-13,15-16H,5-6,8H2,1H3,(H,19,20)/t9-,12-,13+,15+,16-/m0/s1. The van der Waals surface area contributed by atoms with Gasteiger partial charge < -0.3 is 19.5 Å². The summed E-state index contributed by atoms with van der Waals surface area (Å²) in [6.07, 6.45) is 1.53. The number of ether oxygens (including phenoxy) is 3. The lowest BCUT2D eigenvalue weighted by molar-refractivity contribution is -0.157. The number of methoxy groups -OCH3 is 1. The Morgan fingerprint density at radius 2 is 2.16 bits per heavy atom. The first kappa shape index (κ1) is 15.9. The monoisotopic (exact) mass is 345 g/mol. The smallest absolute Gasteiger partial charge is 0.310 e. The maximum absolute atomic E-state index is 12.4. The van der Waals surface area contributed by atoms with Crippen molar-refractivity contribution >= 4 is 23.5 Å². The van der Waals surface area contributed by atoms with Gasteiger partial charge in [0.1, 0.15) is 11.9 Å². The van der Waals surface area contributed by atoms with E-state index in [0.717, 1.165) is 12.8 Å². The van der Waals surface area contributed by atoms with E-state index in [1.807, 2.05) is 0 Å². The lowest BCUT2D eigenvalue weighted by atomic mass is 9.80. The molecule has 2 bridgehead atoms. The van der Waals surface area contributed by atoms with Crippen molar-refractivity contribution in [1.82, 2.24) is 0 Å². The van der Waals surface area contributed by atoms with Crippen LogP contribution in [0.4, 0.5) is 5.69 Å². The summed E-state index contributed by atoms with van der Waals surface area (Å²) in [5, 5.41) is 2.65. The first-order chi connectivity index (χ1) is 12.1. The summed E-state index contributed by atoms with van der Waals surface area (Å²) in [6, 6.07) is 6.90. The minimum absolute atomic E-state index is 0.0251. The van der Waals surface area contributed by atoms with Gasteiger partial charge in [-0.15, -0.1) is 0 Å². The maximum atomic E-state index is 12.4. The third kappa shape index (κ3) is 2.73. The van der Waals surface area contributed by atoms with Crippen LogP contribution in [0.3, 0.4) is 0 Å². The van der Waals surface area contributed by atoms with Crippen LogP contribution in [0.15, 0.2) is 24.3 Å². The molecule has 1 aromatic rings. The number of esters is 2. The molecule has 132 valence electrons. The minimum Gasteiger partial charge on any atom is -0.497 e. The van der Waals surface area contributed by atoms with E-state index in [4.69, 9.17) is 14.2 Å².